The smallest absolute Gasteiger partial charge is 0.358 e. The van der Waals surface area contributed by atoms with Gasteiger partial charge in [0.1, 0.15) is 17.8 Å². The Hall–Kier alpha value is -3.15. The number of nitrogens with one attached hydrogen (secondary N) is 1. The molecule has 3 amide bonds. The van der Waals surface area contributed by atoms with Gasteiger partial charge in [-0.25, -0.2) is 4.79 Å². The monoisotopic (exact) mass is 549 g/mol. The predicted octanol–water partition coefficient (Wildman–Crippen LogP) is -1.09. The number of fused-ring (bicyclic) bond motifs is 1. The summed E-state index contributed by atoms with van der Waals surface area (Å²) in [5.74, 6) is -4.27. The molecule has 1 aromatic rings. The van der Waals surface area contributed by atoms with Gasteiger partial charge in [-0.3, -0.25) is 9.59 Å². The number of carboxylic acid groups (broad SMARTS) is 2. The second kappa shape index (κ2) is 10.3. The van der Waals surface area contributed by atoms with Crippen molar-refractivity contribution in [2.75, 3.05) is 11.9 Å². The lowest BCUT2D eigenvalue weighted by atomic mass is 9.79. The summed E-state index contributed by atoms with van der Waals surface area (Å²) in [4.78, 5) is 63.9. The molecule has 2 N–H and O–H groups in total. The van der Waals surface area contributed by atoms with Crippen LogP contribution >= 0.6 is 21.2 Å². The van der Waals surface area contributed by atoms with Gasteiger partial charge in [-0.2, -0.15) is 0 Å². The first-order chi connectivity index (χ1) is 17.5. The first-order valence-corrected chi connectivity index (χ1v) is 12.7. The Morgan fingerprint density at radius 3 is 2.57 bits per heavy atom. The van der Waals surface area contributed by atoms with Crippen LogP contribution in [0.4, 0.5) is 10.5 Å². The summed E-state index contributed by atoms with van der Waals surface area (Å²) in [6.45, 7) is 3.24. The lowest BCUT2D eigenvalue weighted by Gasteiger charge is -2.46. The molecule has 3 aliphatic rings. The highest BCUT2D eigenvalue weighted by Gasteiger charge is 2.60. The van der Waals surface area contributed by atoms with E-state index >= 15 is 0 Å². The number of likely N-dealkylation sites (tertiary alicyclic amines) is 1. The van der Waals surface area contributed by atoms with Crippen LogP contribution in [-0.4, -0.2) is 74.7 Å². The number of carbonyl (C=O) groups is 5. The third kappa shape index (κ3) is 4.78. The number of carbonyl (C=O) groups excluding carboxylic acids is 5. The number of benzene rings is 1. The second-order valence-electron chi connectivity index (χ2n) is 9.14. The van der Waals surface area contributed by atoms with E-state index in [1.165, 1.54) is 47.9 Å². The van der Waals surface area contributed by atoms with Crippen LogP contribution in [-0.2, 0) is 18.9 Å². The van der Waals surface area contributed by atoms with Gasteiger partial charge >= 0.3 is 5.97 Å². The van der Waals surface area contributed by atoms with E-state index in [2.05, 4.69) is 5.32 Å². The van der Waals surface area contributed by atoms with Crippen molar-refractivity contribution >= 4 is 56.8 Å². The first kappa shape index (κ1) is 26.9. The van der Waals surface area contributed by atoms with E-state index in [1.807, 2.05) is 16.4 Å². The number of rotatable bonds is 7. The largest absolute Gasteiger partial charge is 0.545 e. The Kier molecular flexibility index (Phi) is 7.50. The minimum Gasteiger partial charge on any atom is -0.545 e. The molecule has 0 aromatic heterocycles. The van der Waals surface area contributed by atoms with Crippen molar-refractivity contribution in [2.45, 2.75) is 43.7 Å². The molecule has 2 fully saturated rings. The van der Waals surface area contributed by atoms with E-state index < -0.39 is 59.2 Å². The van der Waals surface area contributed by atoms with Crippen LogP contribution in [0.5, 0.6) is 0 Å². The van der Waals surface area contributed by atoms with Crippen LogP contribution in [0.2, 0.25) is 0 Å². The molecule has 4 rings (SSSR count). The standard InChI is InChI=1S/C23H26N3O9PS/c1-9-16-15(10(2)27)20(29)26(16)17(22(32)35-36)18(9)37-13-7-14(25(8-13)23(33)34)19(28)24-12-5-3-4-11(6-12)21(30)31/h3-6,9-10,13-16,27H,7-8,36H2,1-2H3,(H,24,28)(H,30,31)(H,33,34)/p-2/t9?,10?,13?,14-,15?,16?/m0/s1. The van der Waals surface area contributed by atoms with Crippen LogP contribution in [0.15, 0.2) is 34.9 Å². The molecule has 14 heteroatoms. The van der Waals surface area contributed by atoms with Gasteiger partial charge < -0.3 is 44.5 Å². The van der Waals surface area contributed by atoms with Crippen LogP contribution in [0.3, 0.4) is 0 Å². The van der Waals surface area contributed by atoms with Gasteiger partial charge in [0.15, 0.2) is 0 Å². The van der Waals surface area contributed by atoms with Gasteiger partial charge in [-0.15, -0.1) is 11.8 Å². The number of thioether (sulfide) groups is 1. The lowest BCUT2D eigenvalue weighted by Crippen LogP contribution is -2.63. The van der Waals surface area contributed by atoms with Crippen molar-refractivity contribution in [1.29, 1.82) is 0 Å². The molecular weight excluding hydrogens is 525 g/mol. The highest BCUT2D eigenvalue weighted by Crippen LogP contribution is 2.52. The maximum absolute atomic E-state index is 13.0. The van der Waals surface area contributed by atoms with Crippen LogP contribution in [0, 0.1) is 11.8 Å². The zero-order valence-corrected chi connectivity index (χ0v) is 21.8. The summed E-state index contributed by atoms with van der Waals surface area (Å²) in [7, 11) is 1.84. The molecule has 198 valence electrons. The minimum atomic E-state index is -1.56. The second-order valence-corrected chi connectivity index (χ2v) is 10.7. The molecule has 2 saturated heterocycles. The van der Waals surface area contributed by atoms with E-state index in [1.54, 1.807) is 0 Å². The zero-order chi connectivity index (χ0) is 27.2. The summed E-state index contributed by atoms with van der Waals surface area (Å²) in [6.07, 6.45) is -2.40. The molecule has 0 radical (unpaired) electrons. The Labute approximate surface area is 218 Å². The maximum Gasteiger partial charge on any atom is 0.358 e. The Morgan fingerprint density at radius 2 is 1.97 bits per heavy atom. The topological polar surface area (TPSA) is 179 Å². The molecule has 12 nitrogen and oxygen atoms in total. The average molecular weight is 549 g/mol. The van der Waals surface area contributed by atoms with E-state index in [0.717, 1.165) is 4.90 Å². The van der Waals surface area contributed by atoms with E-state index in [-0.39, 0.29) is 35.8 Å². The first-order valence-electron chi connectivity index (χ1n) is 11.4. The number of hydrogen-bond donors (Lipinski definition) is 2. The summed E-state index contributed by atoms with van der Waals surface area (Å²) in [5.41, 5.74) is 0.0527. The van der Waals surface area contributed by atoms with E-state index in [4.69, 9.17) is 4.52 Å². The fraction of sp³-hybridized carbons (Fsp3) is 0.435. The number of amides is 3. The molecule has 0 aliphatic carbocycles. The number of aliphatic hydroxyl groups is 1. The van der Waals surface area contributed by atoms with Crippen molar-refractivity contribution in [3.8, 4) is 0 Å². The molecule has 0 bridgehead atoms. The number of aliphatic hydroxyl groups excluding tert-OH is 1. The normalized spacial score (nSPS) is 27.5. The predicted molar refractivity (Wildman–Crippen MR) is 129 cm³/mol. The Balaban J connectivity index is 1.55. The SMILES string of the molecule is CC(O)C1C(=O)N2C(C(=O)OP)=C(SC3C[C@@H](C(=O)Nc4cccc(C(=O)[O-])c4)N(C(=O)[O-])C3)C(C)C12. The number of anilines is 1. The molecule has 3 heterocycles. The summed E-state index contributed by atoms with van der Waals surface area (Å²) < 4.78 is 4.81. The summed E-state index contributed by atoms with van der Waals surface area (Å²) in [5, 5.41) is 35.1. The average Bonchev–Trinajstić information content (AvgIpc) is 3.37. The molecule has 6 unspecified atom stereocenters. The molecule has 0 saturated carbocycles. The van der Waals surface area contributed by atoms with Gasteiger partial charge in [0, 0.05) is 28.3 Å². The fourth-order valence-electron chi connectivity index (χ4n) is 5.19. The number of nitrogens with zero attached hydrogens (tertiary/aromatic N) is 2. The highest BCUT2D eigenvalue weighted by molar-refractivity contribution is 8.03. The summed E-state index contributed by atoms with van der Waals surface area (Å²) >= 11 is 1.19. The Morgan fingerprint density at radius 1 is 1.27 bits per heavy atom. The van der Waals surface area contributed by atoms with E-state index in [9.17, 15) is 39.3 Å². The van der Waals surface area contributed by atoms with Crippen LogP contribution in [0.1, 0.15) is 30.6 Å². The van der Waals surface area contributed by atoms with Crippen LogP contribution in [0.25, 0.3) is 0 Å². The molecule has 1 aromatic carbocycles. The van der Waals surface area contributed by atoms with Gasteiger partial charge in [-0.1, -0.05) is 19.1 Å². The van der Waals surface area contributed by atoms with Crippen molar-refractivity contribution in [3.05, 3.63) is 40.4 Å². The van der Waals surface area contributed by atoms with Gasteiger partial charge in [-0.05, 0) is 31.0 Å². The summed E-state index contributed by atoms with van der Waals surface area (Å²) in [6, 6.07) is 3.79. The Bertz CT molecular complexity index is 1210. The zero-order valence-electron chi connectivity index (χ0n) is 19.8. The van der Waals surface area contributed by atoms with Crippen molar-refractivity contribution in [2.24, 2.45) is 11.8 Å². The molecule has 37 heavy (non-hydrogen) atoms. The number of aromatic carboxylic acids is 1. The van der Waals surface area contributed by atoms with E-state index in [0.29, 0.717) is 4.91 Å². The number of carboxylic acids is 1. The number of hydrogen-bond acceptors (Lipinski definition) is 10. The molecule has 0 spiro atoms. The van der Waals surface area contributed by atoms with Gasteiger partial charge in [0.05, 0.1) is 33.5 Å². The van der Waals surface area contributed by atoms with Crippen LogP contribution < -0.4 is 15.5 Å². The quantitative estimate of drug-likeness (QED) is 0.314. The van der Waals surface area contributed by atoms with Gasteiger partial charge in [0.2, 0.25) is 11.8 Å². The molecular formula is C23H24N3O9PS-2. The molecule has 7 atom stereocenters. The highest BCUT2D eigenvalue weighted by atomic mass is 32.2. The van der Waals surface area contributed by atoms with Crippen molar-refractivity contribution in [3.63, 3.8) is 0 Å². The molecule has 3 aliphatic heterocycles. The van der Waals surface area contributed by atoms with Crippen molar-refractivity contribution < 1.29 is 43.8 Å². The third-order valence-electron chi connectivity index (χ3n) is 6.87. The number of β-lactam (4-membered cyclic amide) rings is 1. The fourth-order valence-corrected chi connectivity index (χ4v) is 6.82. The third-order valence-corrected chi connectivity index (χ3v) is 8.58. The minimum absolute atomic E-state index is 0.0476. The van der Waals surface area contributed by atoms with Crippen molar-refractivity contribution in [1.82, 2.24) is 9.80 Å². The lowest BCUT2D eigenvalue weighted by molar-refractivity contribution is -0.266. The van der Waals surface area contributed by atoms with Gasteiger partial charge in [0.25, 0.3) is 0 Å². The maximum atomic E-state index is 13.0.